The summed E-state index contributed by atoms with van der Waals surface area (Å²) in [6.07, 6.45) is 0. The van der Waals surface area contributed by atoms with Crippen molar-refractivity contribution in [2.24, 2.45) is 0 Å². The van der Waals surface area contributed by atoms with Gasteiger partial charge in [-0.05, 0) is 29.8 Å². The molecule has 2 aromatic carbocycles. The van der Waals surface area contributed by atoms with Crippen LogP contribution in [0.4, 0.5) is 5.69 Å². The maximum absolute atomic E-state index is 12.0. The Morgan fingerprint density at radius 1 is 1.11 bits per heavy atom. The molecule has 2 rings (SSSR count). The third-order valence-corrected chi connectivity index (χ3v) is 3.47. The van der Waals surface area contributed by atoms with Crippen LogP contribution in [0.5, 0.6) is 0 Å². The lowest BCUT2D eigenvalue weighted by Crippen LogP contribution is -2.12. The lowest BCUT2D eigenvalue weighted by molar-refractivity contribution is 0.102. The molecule has 0 spiro atoms. The van der Waals surface area contributed by atoms with Crippen LogP contribution in [0, 0.1) is 0 Å². The van der Waals surface area contributed by atoms with E-state index in [0.29, 0.717) is 16.3 Å². The maximum atomic E-state index is 12.0. The number of anilines is 1. The van der Waals surface area contributed by atoms with Gasteiger partial charge in [-0.3, -0.25) is 4.79 Å². The predicted molar refractivity (Wildman–Crippen MR) is 78.5 cm³/mol. The van der Waals surface area contributed by atoms with E-state index in [2.05, 4.69) is 21.2 Å². The first-order valence-corrected chi connectivity index (χ1v) is 6.91. The number of hydrogen-bond donors (Lipinski definition) is 1. The van der Waals surface area contributed by atoms with Crippen molar-refractivity contribution in [2.45, 2.75) is 5.33 Å². The van der Waals surface area contributed by atoms with E-state index < -0.39 is 0 Å². The molecule has 0 aliphatic rings. The number of halogens is 2. The van der Waals surface area contributed by atoms with Crippen molar-refractivity contribution in [2.75, 3.05) is 5.32 Å². The second kappa shape index (κ2) is 6.03. The van der Waals surface area contributed by atoms with Gasteiger partial charge in [-0.25, -0.2) is 0 Å². The summed E-state index contributed by atoms with van der Waals surface area (Å²) in [5.74, 6) is -0.163. The molecular weight excluding hydrogens is 314 g/mol. The fraction of sp³-hybridized carbons (Fsp3) is 0.0714. The summed E-state index contributed by atoms with van der Waals surface area (Å²) in [6.45, 7) is 0. The van der Waals surface area contributed by atoms with E-state index in [1.807, 2.05) is 24.3 Å². The Morgan fingerprint density at radius 2 is 1.78 bits per heavy atom. The van der Waals surface area contributed by atoms with Crippen molar-refractivity contribution < 1.29 is 4.79 Å². The molecule has 2 nitrogen and oxygen atoms in total. The van der Waals surface area contributed by atoms with Gasteiger partial charge in [0.2, 0.25) is 0 Å². The summed E-state index contributed by atoms with van der Waals surface area (Å²) in [5.41, 5.74) is 2.36. The first kappa shape index (κ1) is 13.1. The van der Waals surface area contributed by atoms with Crippen LogP contribution in [0.1, 0.15) is 15.9 Å². The minimum absolute atomic E-state index is 0.163. The maximum Gasteiger partial charge on any atom is 0.255 e. The Kier molecular flexibility index (Phi) is 4.39. The predicted octanol–water partition coefficient (Wildman–Crippen LogP) is 4.49. The van der Waals surface area contributed by atoms with Crippen molar-refractivity contribution in [3.63, 3.8) is 0 Å². The van der Waals surface area contributed by atoms with E-state index in [1.54, 1.807) is 24.3 Å². The number of rotatable bonds is 3. The summed E-state index contributed by atoms with van der Waals surface area (Å²) in [7, 11) is 0. The molecule has 0 atom stereocenters. The smallest absolute Gasteiger partial charge is 0.255 e. The van der Waals surface area contributed by atoms with E-state index in [0.717, 1.165) is 10.9 Å². The second-order valence-electron chi connectivity index (χ2n) is 3.76. The molecule has 0 aromatic heterocycles. The second-order valence-corrected chi connectivity index (χ2v) is 4.73. The summed E-state index contributed by atoms with van der Waals surface area (Å²) < 4.78 is 0. The van der Waals surface area contributed by atoms with Gasteiger partial charge >= 0.3 is 0 Å². The lowest BCUT2D eigenvalue weighted by atomic mass is 10.1. The van der Waals surface area contributed by atoms with Gasteiger partial charge in [-0.1, -0.05) is 51.8 Å². The van der Waals surface area contributed by atoms with Gasteiger partial charge in [0.05, 0.1) is 10.7 Å². The quantitative estimate of drug-likeness (QED) is 0.828. The summed E-state index contributed by atoms with van der Waals surface area (Å²) in [4.78, 5) is 12.0. The number of alkyl halides is 1. The van der Waals surface area contributed by atoms with Crippen LogP contribution in [0.3, 0.4) is 0 Å². The molecule has 1 N–H and O–H groups in total. The van der Waals surface area contributed by atoms with E-state index in [1.165, 1.54) is 0 Å². The Balaban J connectivity index is 2.14. The van der Waals surface area contributed by atoms with Crippen molar-refractivity contribution >= 4 is 39.1 Å². The van der Waals surface area contributed by atoms with Crippen LogP contribution in [0.15, 0.2) is 48.5 Å². The molecular formula is C14H11BrClNO. The summed E-state index contributed by atoms with van der Waals surface area (Å²) >= 11 is 9.35. The lowest BCUT2D eigenvalue weighted by Gasteiger charge is -2.07. The minimum atomic E-state index is -0.163. The van der Waals surface area contributed by atoms with E-state index in [-0.39, 0.29) is 5.91 Å². The van der Waals surface area contributed by atoms with Crippen molar-refractivity contribution in [3.05, 3.63) is 64.7 Å². The average Bonchev–Trinajstić information content (AvgIpc) is 2.41. The van der Waals surface area contributed by atoms with Crippen LogP contribution in [0.2, 0.25) is 5.02 Å². The molecule has 2 aromatic rings. The van der Waals surface area contributed by atoms with E-state index in [4.69, 9.17) is 11.6 Å². The minimum Gasteiger partial charge on any atom is -0.321 e. The zero-order valence-electron chi connectivity index (χ0n) is 9.49. The molecule has 18 heavy (non-hydrogen) atoms. The number of carbonyl (C=O) groups is 1. The molecule has 92 valence electrons. The SMILES string of the molecule is O=C(Nc1ccccc1Cl)c1ccc(CBr)cc1. The van der Waals surface area contributed by atoms with Gasteiger partial charge in [0, 0.05) is 10.9 Å². The molecule has 0 aliphatic carbocycles. The van der Waals surface area contributed by atoms with E-state index >= 15 is 0 Å². The number of para-hydroxylation sites is 1. The molecule has 0 heterocycles. The summed E-state index contributed by atoms with van der Waals surface area (Å²) in [6, 6.07) is 14.6. The van der Waals surface area contributed by atoms with Crippen LogP contribution in [0.25, 0.3) is 0 Å². The molecule has 0 unspecified atom stereocenters. The molecule has 0 bridgehead atoms. The monoisotopic (exact) mass is 323 g/mol. The van der Waals surface area contributed by atoms with Crippen LogP contribution < -0.4 is 5.32 Å². The van der Waals surface area contributed by atoms with Crippen LogP contribution >= 0.6 is 27.5 Å². The normalized spacial score (nSPS) is 10.1. The van der Waals surface area contributed by atoms with Gasteiger partial charge in [0.1, 0.15) is 0 Å². The van der Waals surface area contributed by atoms with Crippen LogP contribution in [-0.4, -0.2) is 5.91 Å². The topological polar surface area (TPSA) is 29.1 Å². The first-order valence-electron chi connectivity index (χ1n) is 5.41. The molecule has 0 saturated heterocycles. The first-order chi connectivity index (χ1) is 8.70. The van der Waals surface area contributed by atoms with Gasteiger partial charge in [0.25, 0.3) is 5.91 Å². The van der Waals surface area contributed by atoms with Crippen LogP contribution in [-0.2, 0) is 5.33 Å². The largest absolute Gasteiger partial charge is 0.321 e. The van der Waals surface area contributed by atoms with Gasteiger partial charge < -0.3 is 5.32 Å². The highest BCUT2D eigenvalue weighted by Crippen LogP contribution is 2.21. The summed E-state index contributed by atoms with van der Waals surface area (Å²) in [5, 5.41) is 4.09. The molecule has 4 heteroatoms. The average molecular weight is 325 g/mol. The van der Waals surface area contributed by atoms with Crippen molar-refractivity contribution in [3.8, 4) is 0 Å². The highest BCUT2D eigenvalue weighted by molar-refractivity contribution is 9.08. The van der Waals surface area contributed by atoms with E-state index in [9.17, 15) is 4.79 Å². The third kappa shape index (κ3) is 3.12. The molecule has 0 saturated carbocycles. The third-order valence-electron chi connectivity index (χ3n) is 2.49. The highest BCUT2D eigenvalue weighted by Gasteiger charge is 2.07. The fourth-order valence-corrected chi connectivity index (χ4v) is 2.06. The number of amides is 1. The molecule has 0 fully saturated rings. The Hall–Kier alpha value is -1.32. The Bertz CT molecular complexity index is 554. The fourth-order valence-electron chi connectivity index (χ4n) is 1.50. The zero-order chi connectivity index (χ0) is 13.0. The number of hydrogen-bond acceptors (Lipinski definition) is 1. The zero-order valence-corrected chi connectivity index (χ0v) is 11.8. The van der Waals surface area contributed by atoms with Gasteiger partial charge in [-0.2, -0.15) is 0 Å². The van der Waals surface area contributed by atoms with Gasteiger partial charge in [0.15, 0.2) is 0 Å². The number of carbonyl (C=O) groups excluding carboxylic acids is 1. The molecule has 0 radical (unpaired) electrons. The number of benzene rings is 2. The number of nitrogens with one attached hydrogen (secondary N) is 1. The van der Waals surface area contributed by atoms with Gasteiger partial charge in [-0.15, -0.1) is 0 Å². The highest BCUT2D eigenvalue weighted by atomic mass is 79.9. The van der Waals surface area contributed by atoms with Crippen molar-refractivity contribution in [1.82, 2.24) is 0 Å². The molecule has 1 amide bonds. The Labute approximate surface area is 119 Å². The van der Waals surface area contributed by atoms with Crippen molar-refractivity contribution in [1.29, 1.82) is 0 Å². The Morgan fingerprint density at radius 3 is 2.39 bits per heavy atom. The molecule has 0 aliphatic heterocycles. The standard InChI is InChI=1S/C14H11BrClNO/c15-9-10-5-7-11(8-6-10)14(18)17-13-4-2-1-3-12(13)16/h1-8H,9H2,(H,17,18).